The van der Waals surface area contributed by atoms with Crippen LogP contribution >= 0.6 is 0 Å². The first-order valence-corrected chi connectivity index (χ1v) is 13.3. The number of amides is 2. The SMILES string of the molecule is COc1cc2ncnc(Nc3ccc(OC4CCN(C(=O)Nc5ccccc5C(F)(F)F)CC4)c(C)c3)c2cc1OC. The molecule has 0 radical (unpaired) electrons. The predicted molar refractivity (Wildman–Crippen MR) is 153 cm³/mol. The summed E-state index contributed by atoms with van der Waals surface area (Å²) in [6.07, 6.45) is -2.12. The van der Waals surface area contributed by atoms with Crippen LogP contribution in [0.2, 0.25) is 0 Å². The van der Waals surface area contributed by atoms with Crippen molar-refractivity contribution in [2.24, 2.45) is 0 Å². The largest absolute Gasteiger partial charge is 0.493 e. The van der Waals surface area contributed by atoms with Crippen molar-refractivity contribution in [3.63, 3.8) is 0 Å². The molecule has 0 atom stereocenters. The summed E-state index contributed by atoms with van der Waals surface area (Å²) in [6.45, 7) is 2.66. The quantitative estimate of drug-likeness (QED) is 0.248. The van der Waals surface area contributed by atoms with Gasteiger partial charge in [0.25, 0.3) is 0 Å². The summed E-state index contributed by atoms with van der Waals surface area (Å²) in [4.78, 5) is 22.9. The molecule has 9 nitrogen and oxygen atoms in total. The third-order valence-electron chi connectivity index (χ3n) is 7.08. The van der Waals surface area contributed by atoms with Gasteiger partial charge in [0.2, 0.25) is 0 Å². The van der Waals surface area contributed by atoms with Crippen molar-refractivity contribution >= 4 is 34.1 Å². The smallest absolute Gasteiger partial charge is 0.418 e. The van der Waals surface area contributed by atoms with Crippen LogP contribution < -0.4 is 24.8 Å². The molecule has 1 aliphatic rings. The molecule has 0 bridgehead atoms. The Bertz CT molecular complexity index is 1590. The predicted octanol–water partition coefficient (Wildman–Crippen LogP) is 6.79. The van der Waals surface area contributed by atoms with Crippen molar-refractivity contribution in [2.45, 2.75) is 32.0 Å². The van der Waals surface area contributed by atoms with Gasteiger partial charge in [0.1, 0.15) is 24.0 Å². The van der Waals surface area contributed by atoms with Crippen molar-refractivity contribution in [1.29, 1.82) is 0 Å². The number of ether oxygens (including phenoxy) is 3. The molecule has 2 amide bonds. The number of aryl methyl sites for hydroxylation is 1. The molecule has 1 aromatic heterocycles. The monoisotopic (exact) mass is 581 g/mol. The van der Waals surface area contributed by atoms with Crippen molar-refractivity contribution < 1.29 is 32.2 Å². The molecular formula is C30H30F3N5O4. The van der Waals surface area contributed by atoms with Gasteiger partial charge in [0.05, 0.1) is 31.0 Å². The van der Waals surface area contributed by atoms with E-state index in [2.05, 4.69) is 20.6 Å². The summed E-state index contributed by atoms with van der Waals surface area (Å²) in [5, 5.41) is 6.51. The fourth-order valence-electron chi connectivity index (χ4n) is 4.87. The molecule has 2 N–H and O–H groups in total. The van der Waals surface area contributed by atoms with Crippen LogP contribution in [0.3, 0.4) is 0 Å². The van der Waals surface area contributed by atoms with Gasteiger partial charge in [0, 0.05) is 43.1 Å². The van der Waals surface area contributed by atoms with E-state index >= 15 is 0 Å². The molecule has 42 heavy (non-hydrogen) atoms. The Morgan fingerprint density at radius 1 is 0.952 bits per heavy atom. The topological polar surface area (TPSA) is 97.8 Å². The van der Waals surface area contributed by atoms with E-state index in [1.54, 1.807) is 20.3 Å². The lowest BCUT2D eigenvalue weighted by Gasteiger charge is -2.32. The molecule has 1 saturated heterocycles. The highest BCUT2D eigenvalue weighted by Crippen LogP contribution is 2.36. The van der Waals surface area contributed by atoms with Crippen LogP contribution in [-0.2, 0) is 6.18 Å². The standard InChI is InChI=1S/C30H30F3N5O4/c1-18-14-19(36-28-21-15-26(40-2)27(41-3)16-24(21)34-17-35-28)8-9-25(18)42-20-10-12-38(13-11-20)29(39)37-23-7-5-4-6-22(23)30(31,32)33/h4-9,14-17,20H,10-13H2,1-3H3,(H,37,39)(H,34,35,36). The van der Waals surface area contributed by atoms with Crippen molar-refractivity contribution in [1.82, 2.24) is 14.9 Å². The van der Waals surface area contributed by atoms with Crippen LogP contribution in [0.25, 0.3) is 10.9 Å². The van der Waals surface area contributed by atoms with E-state index in [4.69, 9.17) is 14.2 Å². The summed E-state index contributed by atoms with van der Waals surface area (Å²) in [5.74, 6) is 2.46. The second-order valence-corrected chi connectivity index (χ2v) is 9.83. The molecule has 2 heterocycles. The number of urea groups is 1. The van der Waals surface area contributed by atoms with Gasteiger partial charge in [-0.25, -0.2) is 14.8 Å². The van der Waals surface area contributed by atoms with E-state index < -0.39 is 17.8 Å². The number of anilines is 3. The van der Waals surface area contributed by atoms with Gasteiger partial charge in [-0.05, 0) is 48.9 Å². The zero-order chi connectivity index (χ0) is 29.9. The first-order chi connectivity index (χ1) is 20.2. The second kappa shape index (κ2) is 12.0. The Kier molecular flexibility index (Phi) is 8.23. The zero-order valence-corrected chi connectivity index (χ0v) is 23.3. The summed E-state index contributed by atoms with van der Waals surface area (Å²) >= 11 is 0. The molecule has 4 aromatic rings. The van der Waals surface area contributed by atoms with E-state index in [0.29, 0.717) is 54.5 Å². The lowest BCUT2D eigenvalue weighted by atomic mass is 10.1. The number of likely N-dealkylation sites (tertiary alicyclic amines) is 1. The number of nitrogens with one attached hydrogen (secondary N) is 2. The maximum Gasteiger partial charge on any atom is 0.418 e. The number of carbonyl (C=O) groups is 1. The lowest BCUT2D eigenvalue weighted by molar-refractivity contribution is -0.136. The molecule has 0 spiro atoms. The number of halogens is 3. The number of hydrogen-bond acceptors (Lipinski definition) is 7. The minimum atomic E-state index is -4.56. The molecule has 0 aliphatic carbocycles. The summed E-state index contributed by atoms with van der Waals surface area (Å²) in [5.41, 5.74) is 1.28. The maximum atomic E-state index is 13.3. The van der Waals surface area contributed by atoms with Gasteiger partial charge in [-0.15, -0.1) is 0 Å². The first kappa shape index (κ1) is 28.8. The number of methoxy groups -OCH3 is 2. The van der Waals surface area contributed by atoms with Gasteiger partial charge < -0.3 is 29.7 Å². The molecule has 1 aliphatic heterocycles. The Labute approximate surface area is 240 Å². The normalized spacial score (nSPS) is 14.0. The summed E-state index contributed by atoms with van der Waals surface area (Å²) < 4.78 is 56.9. The third-order valence-corrected chi connectivity index (χ3v) is 7.08. The van der Waals surface area contributed by atoms with Gasteiger partial charge in [0.15, 0.2) is 11.5 Å². The highest BCUT2D eigenvalue weighted by atomic mass is 19.4. The first-order valence-electron chi connectivity index (χ1n) is 13.3. The minimum Gasteiger partial charge on any atom is -0.493 e. The van der Waals surface area contributed by atoms with Gasteiger partial charge >= 0.3 is 12.2 Å². The molecule has 0 saturated carbocycles. The van der Waals surface area contributed by atoms with Crippen LogP contribution in [0.4, 0.5) is 35.2 Å². The van der Waals surface area contributed by atoms with Crippen LogP contribution in [0.1, 0.15) is 24.0 Å². The number of aromatic nitrogens is 2. The number of carbonyl (C=O) groups excluding carboxylic acids is 1. The molecule has 220 valence electrons. The number of piperidine rings is 1. The van der Waals surface area contributed by atoms with Gasteiger partial charge in [-0.1, -0.05) is 12.1 Å². The number of alkyl halides is 3. The van der Waals surface area contributed by atoms with Crippen LogP contribution in [0, 0.1) is 6.92 Å². The molecule has 3 aromatic carbocycles. The Hall–Kier alpha value is -4.74. The third kappa shape index (κ3) is 6.27. The molecular weight excluding hydrogens is 551 g/mol. The van der Waals surface area contributed by atoms with E-state index in [1.165, 1.54) is 29.4 Å². The van der Waals surface area contributed by atoms with Crippen molar-refractivity contribution in [3.8, 4) is 17.2 Å². The van der Waals surface area contributed by atoms with Crippen molar-refractivity contribution in [3.05, 3.63) is 72.1 Å². The zero-order valence-electron chi connectivity index (χ0n) is 23.3. The van der Waals surface area contributed by atoms with E-state index in [9.17, 15) is 18.0 Å². The number of hydrogen-bond donors (Lipinski definition) is 2. The van der Waals surface area contributed by atoms with Crippen LogP contribution in [-0.4, -0.2) is 54.3 Å². The second-order valence-electron chi connectivity index (χ2n) is 9.83. The number of para-hydroxylation sites is 1. The Balaban J connectivity index is 1.20. The van der Waals surface area contributed by atoms with Crippen LogP contribution in [0.5, 0.6) is 17.2 Å². The Morgan fingerprint density at radius 2 is 1.67 bits per heavy atom. The van der Waals surface area contributed by atoms with E-state index in [-0.39, 0.29) is 11.8 Å². The van der Waals surface area contributed by atoms with Gasteiger partial charge in [-0.3, -0.25) is 0 Å². The summed E-state index contributed by atoms with van der Waals surface area (Å²) in [7, 11) is 3.14. The number of fused-ring (bicyclic) bond motifs is 1. The maximum absolute atomic E-state index is 13.3. The molecule has 12 heteroatoms. The molecule has 5 rings (SSSR count). The lowest BCUT2D eigenvalue weighted by Crippen LogP contribution is -2.44. The van der Waals surface area contributed by atoms with Gasteiger partial charge in [-0.2, -0.15) is 13.2 Å². The summed E-state index contributed by atoms with van der Waals surface area (Å²) in [6, 6.07) is 13.7. The Morgan fingerprint density at radius 3 is 2.36 bits per heavy atom. The minimum absolute atomic E-state index is 0.137. The number of rotatable bonds is 7. The van der Waals surface area contributed by atoms with Crippen LogP contribution in [0.15, 0.2) is 60.9 Å². The number of benzene rings is 3. The molecule has 1 fully saturated rings. The highest BCUT2D eigenvalue weighted by molar-refractivity contribution is 5.93. The molecule has 0 unspecified atom stereocenters. The number of nitrogens with zero attached hydrogens (tertiary/aromatic N) is 3. The average Bonchev–Trinajstić information content (AvgIpc) is 2.98. The van der Waals surface area contributed by atoms with E-state index in [0.717, 1.165) is 22.7 Å². The fraction of sp³-hybridized carbons (Fsp3) is 0.300. The highest BCUT2D eigenvalue weighted by Gasteiger charge is 2.34. The fourth-order valence-corrected chi connectivity index (χ4v) is 4.87. The van der Waals surface area contributed by atoms with Crippen molar-refractivity contribution in [2.75, 3.05) is 37.9 Å². The van der Waals surface area contributed by atoms with E-state index in [1.807, 2.05) is 31.2 Å². The average molecular weight is 582 g/mol.